The number of thioether (sulfide) groups is 1. The minimum atomic E-state index is -0.0912. The van der Waals surface area contributed by atoms with Crippen LogP contribution in [0.1, 0.15) is 26.7 Å². The minimum absolute atomic E-state index is 0.0349. The van der Waals surface area contributed by atoms with Crippen LogP contribution < -0.4 is 5.32 Å². The van der Waals surface area contributed by atoms with Gasteiger partial charge < -0.3 is 5.32 Å². The van der Waals surface area contributed by atoms with Gasteiger partial charge in [0.15, 0.2) is 5.12 Å². The SMILES string of the molecule is CCC(C)NC(=O)C1CSC(=O)C1. The summed E-state index contributed by atoms with van der Waals surface area (Å²) in [5.41, 5.74) is 0. The highest BCUT2D eigenvalue weighted by Crippen LogP contribution is 2.25. The van der Waals surface area contributed by atoms with E-state index in [4.69, 9.17) is 0 Å². The van der Waals surface area contributed by atoms with Gasteiger partial charge in [0.1, 0.15) is 0 Å². The van der Waals surface area contributed by atoms with Gasteiger partial charge in [0.05, 0.1) is 5.92 Å². The molecule has 1 fully saturated rings. The van der Waals surface area contributed by atoms with Crippen molar-refractivity contribution in [2.75, 3.05) is 5.75 Å². The molecule has 3 nitrogen and oxygen atoms in total. The van der Waals surface area contributed by atoms with E-state index in [9.17, 15) is 9.59 Å². The zero-order valence-electron chi connectivity index (χ0n) is 8.00. The molecule has 0 spiro atoms. The molecule has 13 heavy (non-hydrogen) atoms. The second-order valence-electron chi connectivity index (χ2n) is 3.40. The van der Waals surface area contributed by atoms with Crippen LogP contribution in [0, 0.1) is 5.92 Å². The lowest BCUT2D eigenvalue weighted by atomic mass is 10.1. The van der Waals surface area contributed by atoms with E-state index in [0.29, 0.717) is 12.2 Å². The first-order valence-corrected chi connectivity index (χ1v) is 5.58. The number of nitrogens with one attached hydrogen (secondary N) is 1. The Kier molecular flexibility index (Phi) is 3.78. The average Bonchev–Trinajstić information content (AvgIpc) is 2.51. The summed E-state index contributed by atoms with van der Waals surface area (Å²) in [5.74, 6) is 0.598. The molecule has 0 aromatic carbocycles. The zero-order chi connectivity index (χ0) is 9.84. The van der Waals surface area contributed by atoms with Gasteiger partial charge in [-0.05, 0) is 13.3 Å². The van der Waals surface area contributed by atoms with Gasteiger partial charge in [-0.1, -0.05) is 18.7 Å². The van der Waals surface area contributed by atoms with Gasteiger partial charge in [-0.15, -0.1) is 0 Å². The second-order valence-corrected chi connectivity index (χ2v) is 4.48. The van der Waals surface area contributed by atoms with E-state index >= 15 is 0 Å². The van der Waals surface area contributed by atoms with E-state index in [1.54, 1.807) is 0 Å². The van der Waals surface area contributed by atoms with Crippen molar-refractivity contribution in [2.45, 2.75) is 32.7 Å². The van der Waals surface area contributed by atoms with Crippen LogP contribution in [0.15, 0.2) is 0 Å². The number of carbonyl (C=O) groups excluding carboxylic acids is 2. The predicted molar refractivity (Wildman–Crippen MR) is 53.5 cm³/mol. The normalized spacial score (nSPS) is 24.5. The van der Waals surface area contributed by atoms with Gasteiger partial charge >= 0.3 is 0 Å². The molecular weight excluding hydrogens is 186 g/mol. The molecule has 2 unspecified atom stereocenters. The summed E-state index contributed by atoms with van der Waals surface area (Å²) in [6.45, 7) is 4.00. The monoisotopic (exact) mass is 201 g/mol. The maximum Gasteiger partial charge on any atom is 0.224 e. The molecule has 1 aliphatic rings. The Hall–Kier alpha value is -0.510. The molecule has 0 saturated carbocycles. The Labute approximate surface area is 82.6 Å². The second kappa shape index (κ2) is 4.65. The van der Waals surface area contributed by atoms with Gasteiger partial charge in [-0.3, -0.25) is 9.59 Å². The molecule has 0 radical (unpaired) electrons. The lowest BCUT2D eigenvalue weighted by Crippen LogP contribution is -2.36. The third kappa shape index (κ3) is 3.03. The summed E-state index contributed by atoms with van der Waals surface area (Å²) >= 11 is 1.27. The Morgan fingerprint density at radius 2 is 2.46 bits per heavy atom. The average molecular weight is 201 g/mol. The van der Waals surface area contributed by atoms with Crippen molar-refractivity contribution in [3.63, 3.8) is 0 Å². The quantitative estimate of drug-likeness (QED) is 0.746. The molecule has 0 bridgehead atoms. The number of carbonyl (C=O) groups is 2. The van der Waals surface area contributed by atoms with E-state index in [1.165, 1.54) is 11.8 Å². The maximum absolute atomic E-state index is 11.5. The fraction of sp³-hybridized carbons (Fsp3) is 0.778. The van der Waals surface area contributed by atoms with Crippen LogP contribution in [-0.4, -0.2) is 22.8 Å². The van der Waals surface area contributed by atoms with Crippen LogP contribution in [0.2, 0.25) is 0 Å². The number of amides is 1. The third-order valence-corrected chi connectivity index (χ3v) is 3.29. The first-order valence-electron chi connectivity index (χ1n) is 4.59. The van der Waals surface area contributed by atoms with Crippen molar-refractivity contribution in [3.8, 4) is 0 Å². The van der Waals surface area contributed by atoms with Crippen molar-refractivity contribution in [2.24, 2.45) is 5.92 Å². The molecule has 1 amide bonds. The van der Waals surface area contributed by atoms with E-state index in [2.05, 4.69) is 5.32 Å². The Balaban J connectivity index is 2.35. The van der Waals surface area contributed by atoms with Crippen molar-refractivity contribution >= 4 is 22.8 Å². The van der Waals surface area contributed by atoms with E-state index in [0.717, 1.165) is 6.42 Å². The summed E-state index contributed by atoms with van der Waals surface area (Å²) < 4.78 is 0. The highest BCUT2D eigenvalue weighted by molar-refractivity contribution is 8.14. The van der Waals surface area contributed by atoms with Gasteiger partial charge in [-0.25, -0.2) is 0 Å². The van der Waals surface area contributed by atoms with Gasteiger partial charge in [-0.2, -0.15) is 0 Å². The van der Waals surface area contributed by atoms with Crippen molar-refractivity contribution in [1.29, 1.82) is 0 Å². The highest BCUT2D eigenvalue weighted by Gasteiger charge is 2.29. The summed E-state index contributed by atoms with van der Waals surface area (Å²) in [7, 11) is 0. The molecular formula is C9H15NO2S. The predicted octanol–water partition coefficient (Wildman–Crippen LogP) is 1.18. The Morgan fingerprint density at radius 1 is 1.77 bits per heavy atom. The van der Waals surface area contributed by atoms with Crippen LogP contribution in [0.25, 0.3) is 0 Å². The molecule has 1 saturated heterocycles. The zero-order valence-corrected chi connectivity index (χ0v) is 8.82. The molecule has 74 valence electrons. The fourth-order valence-corrected chi connectivity index (χ4v) is 2.12. The molecule has 1 heterocycles. The summed E-state index contributed by atoms with van der Waals surface area (Å²) in [4.78, 5) is 22.4. The van der Waals surface area contributed by atoms with E-state index in [-0.39, 0.29) is 23.0 Å². The van der Waals surface area contributed by atoms with Gasteiger partial charge in [0.2, 0.25) is 5.91 Å². The minimum Gasteiger partial charge on any atom is -0.353 e. The Bertz CT molecular complexity index is 218. The fourth-order valence-electron chi connectivity index (χ4n) is 1.14. The largest absolute Gasteiger partial charge is 0.353 e. The van der Waals surface area contributed by atoms with Crippen molar-refractivity contribution in [3.05, 3.63) is 0 Å². The molecule has 0 aromatic rings. The molecule has 0 aromatic heterocycles. The van der Waals surface area contributed by atoms with Crippen LogP contribution in [-0.2, 0) is 9.59 Å². The molecule has 1 N–H and O–H groups in total. The molecule has 2 atom stereocenters. The number of hydrogen-bond acceptors (Lipinski definition) is 3. The highest BCUT2D eigenvalue weighted by atomic mass is 32.2. The van der Waals surface area contributed by atoms with Crippen molar-refractivity contribution in [1.82, 2.24) is 5.32 Å². The first-order chi connectivity index (χ1) is 6.13. The summed E-state index contributed by atoms with van der Waals surface area (Å²) in [5, 5.41) is 3.03. The van der Waals surface area contributed by atoms with Crippen LogP contribution in [0.3, 0.4) is 0 Å². The van der Waals surface area contributed by atoms with Crippen LogP contribution in [0.5, 0.6) is 0 Å². The smallest absolute Gasteiger partial charge is 0.224 e. The molecule has 1 rings (SSSR count). The van der Waals surface area contributed by atoms with Crippen molar-refractivity contribution < 1.29 is 9.59 Å². The maximum atomic E-state index is 11.5. The van der Waals surface area contributed by atoms with Gasteiger partial charge in [0, 0.05) is 18.2 Å². The lowest BCUT2D eigenvalue weighted by Gasteiger charge is -2.14. The first kappa shape index (κ1) is 10.6. The topological polar surface area (TPSA) is 46.2 Å². The summed E-state index contributed by atoms with van der Waals surface area (Å²) in [6.07, 6.45) is 1.34. The number of hydrogen-bond donors (Lipinski definition) is 1. The van der Waals surface area contributed by atoms with Gasteiger partial charge in [0.25, 0.3) is 0 Å². The lowest BCUT2D eigenvalue weighted by molar-refractivity contribution is -0.126. The van der Waals surface area contributed by atoms with E-state index < -0.39 is 0 Å². The molecule has 1 aliphatic heterocycles. The molecule has 4 heteroatoms. The third-order valence-electron chi connectivity index (χ3n) is 2.23. The van der Waals surface area contributed by atoms with Crippen LogP contribution in [0.4, 0.5) is 0 Å². The summed E-state index contributed by atoms with van der Waals surface area (Å²) in [6, 6.07) is 0.216. The van der Waals surface area contributed by atoms with E-state index in [1.807, 2.05) is 13.8 Å². The number of rotatable bonds is 3. The van der Waals surface area contributed by atoms with Crippen LogP contribution >= 0.6 is 11.8 Å². The molecule has 0 aliphatic carbocycles. The standard InChI is InChI=1S/C9H15NO2S/c1-3-6(2)10-9(12)7-4-8(11)13-5-7/h6-7H,3-5H2,1-2H3,(H,10,12). The Morgan fingerprint density at radius 3 is 2.92 bits per heavy atom.